The van der Waals surface area contributed by atoms with E-state index in [0.29, 0.717) is 18.2 Å². The van der Waals surface area contributed by atoms with Gasteiger partial charge in [0.15, 0.2) is 5.13 Å². The summed E-state index contributed by atoms with van der Waals surface area (Å²) >= 11 is 3.20. The number of aromatic nitrogens is 3. The molecule has 1 aliphatic rings. The molecule has 5 rings (SSSR count). The number of nitrogens with one attached hydrogen (secondary N) is 1. The normalized spacial score (nSPS) is 14.3. The van der Waals surface area contributed by atoms with Crippen molar-refractivity contribution in [3.8, 4) is 11.5 Å². The third-order valence-electron chi connectivity index (χ3n) is 4.74. The molecule has 0 radical (unpaired) electrons. The average Bonchev–Trinajstić information content (AvgIpc) is 3.52. The molecule has 10 heteroatoms. The molecule has 30 heavy (non-hydrogen) atoms. The zero-order chi connectivity index (χ0) is 20.3. The molecule has 154 valence electrons. The number of amides is 1. The highest BCUT2D eigenvalue weighted by Gasteiger charge is 2.16. The van der Waals surface area contributed by atoms with Gasteiger partial charge in [-0.1, -0.05) is 11.3 Å². The van der Waals surface area contributed by atoms with E-state index in [1.165, 1.54) is 0 Å². The number of thiazole rings is 1. The summed E-state index contributed by atoms with van der Waals surface area (Å²) in [6.07, 6.45) is 0.665. The Morgan fingerprint density at radius 3 is 2.93 bits per heavy atom. The minimum absolute atomic E-state index is 0.0949. The molecule has 0 bridgehead atoms. The highest BCUT2D eigenvalue weighted by Crippen LogP contribution is 2.31. The van der Waals surface area contributed by atoms with Crippen LogP contribution in [0, 0.1) is 0 Å². The quantitative estimate of drug-likeness (QED) is 0.486. The summed E-state index contributed by atoms with van der Waals surface area (Å²) in [4.78, 5) is 19.3. The Morgan fingerprint density at radius 1 is 1.20 bits per heavy atom. The number of carbonyl (C=O) groups is 1. The van der Waals surface area contributed by atoms with Crippen LogP contribution in [0.4, 0.5) is 10.8 Å². The summed E-state index contributed by atoms with van der Waals surface area (Å²) in [5, 5.41) is 15.9. The fourth-order valence-corrected chi connectivity index (χ4v) is 4.87. The summed E-state index contributed by atoms with van der Waals surface area (Å²) < 4.78 is 12.1. The first kappa shape index (κ1) is 19.2. The van der Waals surface area contributed by atoms with E-state index < -0.39 is 0 Å². The van der Waals surface area contributed by atoms with Crippen LogP contribution in [-0.4, -0.2) is 47.4 Å². The fraction of sp³-hybridized carbons (Fsp3) is 0.300. The molecular formula is C20H19N5O3S2. The number of benzene rings is 1. The first-order chi connectivity index (χ1) is 14.7. The van der Waals surface area contributed by atoms with Crippen LogP contribution in [0.5, 0.6) is 0 Å². The number of morpholine rings is 1. The Kier molecular flexibility index (Phi) is 5.43. The number of hydrogen-bond donors (Lipinski definition) is 1. The van der Waals surface area contributed by atoms with E-state index in [2.05, 4.69) is 20.4 Å². The maximum Gasteiger partial charge on any atom is 0.248 e. The van der Waals surface area contributed by atoms with Crippen molar-refractivity contribution < 1.29 is 13.9 Å². The zero-order valence-electron chi connectivity index (χ0n) is 16.0. The number of anilines is 2. The van der Waals surface area contributed by atoms with Gasteiger partial charge in [0.25, 0.3) is 0 Å². The number of rotatable bonds is 6. The molecule has 1 amide bonds. The third kappa shape index (κ3) is 4.20. The molecule has 1 N–H and O–H groups in total. The number of ether oxygens (including phenoxy) is 1. The van der Waals surface area contributed by atoms with Crippen molar-refractivity contribution in [2.45, 2.75) is 12.8 Å². The maximum absolute atomic E-state index is 12.4. The van der Waals surface area contributed by atoms with Crippen LogP contribution >= 0.6 is 22.7 Å². The van der Waals surface area contributed by atoms with Gasteiger partial charge in [-0.25, -0.2) is 4.98 Å². The monoisotopic (exact) mass is 441 g/mol. The second kappa shape index (κ2) is 8.50. The molecule has 0 atom stereocenters. The van der Waals surface area contributed by atoms with E-state index in [1.54, 1.807) is 22.7 Å². The van der Waals surface area contributed by atoms with Crippen molar-refractivity contribution in [1.82, 2.24) is 15.2 Å². The molecular weight excluding hydrogens is 422 g/mol. The van der Waals surface area contributed by atoms with Gasteiger partial charge < -0.3 is 19.4 Å². The molecule has 1 fully saturated rings. The van der Waals surface area contributed by atoms with Crippen LogP contribution < -0.4 is 10.2 Å². The minimum Gasteiger partial charge on any atom is -0.421 e. The van der Waals surface area contributed by atoms with E-state index in [1.807, 2.05) is 35.0 Å². The van der Waals surface area contributed by atoms with E-state index >= 15 is 0 Å². The van der Waals surface area contributed by atoms with E-state index in [9.17, 15) is 4.79 Å². The average molecular weight is 442 g/mol. The molecule has 0 aliphatic carbocycles. The number of nitrogens with zero attached hydrogens (tertiary/aromatic N) is 4. The smallest absolute Gasteiger partial charge is 0.248 e. The van der Waals surface area contributed by atoms with Gasteiger partial charge in [-0.15, -0.1) is 10.2 Å². The molecule has 8 nitrogen and oxygen atoms in total. The molecule has 4 aromatic rings. The van der Waals surface area contributed by atoms with Gasteiger partial charge in [0, 0.05) is 42.6 Å². The Bertz CT molecular complexity index is 1150. The molecule has 1 saturated heterocycles. The Balaban J connectivity index is 1.20. The predicted molar refractivity (Wildman–Crippen MR) is 117 cm³/mol. The van der Waals surface area contributed by atoms with Gasteiger partial charge in [0.05, 0.1) is 23.4 Å². The molecule has 0 spiro atoms. The highest BCUT2D eigenvalue weighted by atomic mass is 32.1. The Morgan fingerprint density at radius 2 is 2.10 bits per heavy atom. The first-order valence-corrected chi connectivity index (χ1v) is 11.4. The topological polar surface area (TPSA) is 93.4 Å². The zero-order valence-corrected chi connectivity index (χ0v) is 17.7. The van der Waals surface area contributed by atoms with Gasteiger partial charge in [-0.3, -0.25) is 4.79 Å². The molecule has 3 aromatic heterocycles. The SMILES string of the molecule is O=C(CCc1nnc(-c2ccsc2)o1)Nc1ccc2nc(N3CCOCC3)sc2c1. The van der Waals surface area contributed by atoms with Crippen LogP contribution in [0.3, 0.4) is 0 Å². The lowest BCUT2D eigenvalue weighted by Gasteiger charge is -2.25. The molecule has 1 aliphatic heterocycles. The summed E-state index contributed by atoms with van der Waals surface area (Å²) in [7, 11) is 0. The second-order valence-electron chi connectivity index (χ2n) is 6.84. The van der Waals surface area contributed by atoms with Crippen LogP contribution in [0.2, 0.25) is 0 Å². The van der Waals surface area contributed by atoms with E-state index in [-0.39, 0.29) is 12.3 Å². The first-order valence-electron chi connectivity index (χ1n) is 9.63. The Labute approximate surface area is 180 Å². The van der Waals surface area contributed by atoms with Crippen molar-refractivity contribution in [3.63, 3.8) is 0 Å². The van der Waals surface area contributed by atoms with Crippen molar-refractivity contribution in [3.05, 3.63) is 40.9 Å². The van der Waals surface area contributed by atoms with Crippen LogP contribution in [0.1, 0.15) is 12.3 Å². The number of thiophene rings is 1. The summed E-state index contributed by atoms with van der Waals surface area (Å²) in [5.74, 6) is 0.848. The predicted octanol–water partition coefficient (Wildman–Crippen LogP) is 3.82. The number of carbonyl (C=O) groups excluding carboxylic acids is 1. The standard InChI is InChI=1S/C20H19N5O3S2/c26-17(3-4-18-23-24-19(28-18)13-5-10-29-12-13)21-14-1-2-15-16(11-14)30-20(22-15)25-6-8-27-9-7-25/h1-2,5,10-12H,3-4,6-9H2,(H,21,26). The lowest BCUT2D eigenvalue weighted by atomic mass is 10.2. The lowest BCUT2D eigenvalue weighted by Crippen LogP contribution is -2.36. The number of aryl methyl sites for hydroxylation is 1. The largest absolute Gasteiger partial charge is 0.421 e. The van der Waals surface area contributed by atoms with Gasteiger partial charge >= 0.3 is 0 Å². The Hall–Kier alpha value is -2.82. The molecule has 4 heterocycles. The maximum atomic E-state index is 12.4. The van der Waals surface area contributed by atoms with Gasteiger partial charge in [0.1, 0.15) is 0 Å². The molecule has 0 unspecified atom stereocenters. The van der Waals surface area contributed by atoms with Crippen molar-refractivity contribution in [1.29, 1.82) is 0 Å². The summed E-state index contributed by atoms with van der Waals surface area (Å²) in [6.45, 7) is 3.17. The van der Waals surface area contributed by atoms with Gasteiger partial charge in [0.2, 0.25) is 17.7 Å². The number of hydrogen-bond acceptors (Lipinski definition) is 9. The minimum atomic E-state index is -0.0949. The van der Waals surface area contributed by atoms with Crippen LogP contribution in [0.25, 0.3) is 21.7 Å². The van der Waals surface area contributed by atoms with Crippen LogP contribution in [-0.2, 0) is 16.0 Å². The molecule has 0 saturated carbocycles. The molecule has 1 aromatic carbocycles. The second-order valence-corrected chi connectivity index (χ2v) is 8.63. The summed E-state index contributed by atoms with van der Waals surface area (Å²) in [6, 6.07) is 7.71. The van der Waals surface area contributed by atoms with Gasteiger partial charge in [-0.2, -0.15) is 11.3 Å². The highest BCUT2D eigenvalue weighted by molar-refractivity contribution is 7.22. The van der Waals surface area contributed by atoms with Crippen molar-refractivity contribution >= 4 is 49.6 Å². The third-order valence-corrected chi connectivity index (χ3v) is 6.51. The fourth-order valence-electron chi connectivity index (χ4n) is 3.18. The van der Waals surface area contributed by atoms with Crippen LogP contribution in [0.15, 0.2) is 39.4 Å². The van der Waals surface area contributed by atoms with E-state index in [0.717, 1.165) is 52.9 Å². The van der Waals surface area contributed by atoms with Gasteiger partial charge in [-0.05, 0) is 29.6 Å². The lowest BCUT2D eigenvalue weighted by molar-refractivity contribution is -0.116. The van der Waals surface area contributed by atoms with E-state index in [4.69, 9.17) is 14.1 Å². The number of fused-ring (bicyclic) bond motifs is 1. The van der Waals surface area contributed by atoms with Crippen molar-refractivity contribution in [2.24, 2.45) is 0 Å². The van der Waals surface area contributed by atoms with Crippen molar-refractivity contribution in [2.75, 3.05) is 36.5 Å². The summed E-state index contributed by atoms with van der Waals surface area (Å²) in [5.41, 5.74) is 2.60.